The minimum Gasteiger partial charge on any atom is -0.489 e. The fourth-order valence-corrected chi connectivity index (χ4v) is 2.06. The number of amides is 1. The van der Waals surface area contributed by atoms with Gasteiger partial charge >= 0.3 is 0 Å². The van der Waals surface area contributed by atoms with Crippen LogP contribution in [-0.4, -0.2) is 28.6 Å². The SMILES string of the molecule is Cc1ccc(C(C)(O)CNC(=O)c2ncccc2OC(C)C)o1. The third kappa shape index (κ3) is 4.32. The van der Waals surface area contributed by atoms with Crippen molar-refractivity contribution in [3.05, 3.63) is 47.7 Å². The molecule has 6 heteroatoms. The van der Waals surface area contributed by atoms with Gasteiger partial charge in [-0.25, -0.2) is 4.98 Å². The molecule has 0 aliphatic heterocycles. The van der Waals surface area contributed by atoms with Crippen molar-refractivity contribution in [2.24, 2.45) is 0 Å². The lowest BCUT2D eigenvalue weighted by atomic mass is 10.0. The maximum absolute atomic E-state index is 12.3. The van der Waals surface area contributed by atoms with Gasteiger partial charge in [0.05, 0.1) is 12.6 Å². The van der Waals surface area contributed by atoms with Crippen LogP contribution in [0.4, 0.5) is 0 Å². The molecule has 0 saturated heterocycles. The summed E-state index contributed by atoms with van der Waals surface area (Å²) in [5.74, 6) is 1.09. The molecule has 1 unspecified atom stereocenters. The van der Waals surface area contributed by atoms with Gasteiger partial charge in [0.1, 0.15) is 17.1 Å². The van der Waals surface area contributed by atoms with Crippen LogP contribution in [0.3, 0.4) is 0 Å². The van der Waals surface area contributed by atoms with Crippen molar-refractivity contribution < 1.29 is 19.1 Å². The third-order valence-corrected chi connectivity index (χ3v) is 3.21. The Morgan fingerprint density at radius 3 is 2.78 bits per heavy atom. The Bertz CT molecular complexity index is 677. The van der Waals surface area contributed by atoms with Crippen LogP contribution in [0.25, 0.3) is 0 Å². The summed E-state index contributed by atoms with van der Waals surface area (Å²) in [6.07, 6.45) is 1.45. The third-order valence-electron chi connectivity index (χ3n) is 3.21. The van der Waals surface area contributed by atoms with Gasteiger partial charge in [0, 0.05) is 6.20 Å². The highest BCUT2D eigenvalue weighted by Crippen LogP contribution is 2.22. The number of rotatable bonds is 6. The molecule has 0 saturated carbocycles. The zero-order valence-electron chi connectivity index (χ0n) is 13.8. The first-order valence-electron chi connectivity index (χ1n) is 7.49. The number of aryl methyl sites for hydroxylation is 1. The molecule has 0 spiro atoms. The van der Waals surface area contributed by atoms with Crippen LogP contribution in [0.1, 0.15) is 42.8 Å². The van der Waals surface area contributed by atoms with E-state index < -0.39 is 11.5 Å². The van der Waals surface area contributed by atoms with E-state index in [0.29, 0.717) is 17.3 Å². The van der Waals surface area contributed by atoms with E-state index in [1.54, 1.807) is 38.1 Å². The van der Waals surface area contributed by atoms with Crippen LogP contribution in [0, 0.1) is 6.92 Å². The van der Waals surface area contributed by atoms with E-state index in [1.165, 1.54) is 6.20 Å². The zero-order chi connectivity index (χ0) is 17.0. The van der Waals surface area contributed by atoms with Crippen molar-refractivity contribution in [1.29, 1.82) is 0 Å². The van der Waals surface area contributed by atoms with E-state index in [4.69, 9.17) is 9.15 Å². The molecule has 2 heterocycles. The van der Waals surface area contributed by atoms with Crippen molar-refractivity contribution in [1.82, 2.24) is 10.3 Å². The molecular weight excluding hydrogens is 296 g/mol. The number of pyridine rings is 1. The van der Waals surface area contributed by atoms with Crippen LogP contribution < -0.4 is 10.1 Å². The number of nitrogens with one attached hydrogen (secondary N) is 1. The quantitative estimate of drug-likeness (QED) is 0.854. The van der Waals surface area contributed by atoms with Crippen LogP contribution in [0.15, 0.2) is 34.9 Å². The van der Waals surface area contributed by atoms with Gasteiger partial charge in [-0.2, -0.15) is 0 Å². The monoisotopic (exact) mass is 318 g/mol. The molecule has 2 aromatic heterocycles. The second-order valence-electron chi connectivity index (χ2n) is 5.88. The van der Waals surface area contributed by atoms with Gasteiger partial charge in [0.25, 0.3) is 5.91 Å². The number of carbonyl (C=O) groups is 1. The predicted molar refractivity (Wildman–Crippen MR) is 85.4 cm³/mol. The smallest absolute Gasteiger partial charge is 0.273 e. The van der Waals surface area contributed by atoms with Gasteiger partial charge in [-0.05, 0) is 52.0 Å². The summed E-state index contributed by atoms with van der Waals surface area (Å²) in [5.41, 5.74) is -1.12. The average Bonchev–Trinajstić information content (AvgIpc) is 2.92. The molecule has 2 N–H and O–H groups in total. The molecule has 124 valence electrons. The van der Waals surface area contributed by atoms with Crippen LogP contribution in [0.2, 0.25) is 0 Å². The average molecular weight is 318 g/mol. The fourth-order valence-electron chi connectivity index (χ4n) is 2.06. The Morgan fingerprint density at radius 2 is 2.17 bits per heavy atom. The molecule has 6 nitrogen and oxygen atoms in total. The van der Waals surface area contributed by atoms with Gasteiger partial charge < -0.3 is 19.6 Å². The van der Waals surface area contributed by atoms with Crippen molar-refractivity contribution in [3.63, 3.8) is 0 Å². The molecule has 0 bridgehead atoms. The summed E-state index contributed by atoms with van der Waals surface area (Å²) in [5, 5.41) is 13.1. The number of nitrogens with zero attached hydrogens (tertiary/aromatic N) is 1. The Balaban J connectivity index is 2.08. The maximum atomic E-state index is 12.3. The van der Waals surface area contributed by atoms with E-state index in [9.17, 15) is 9.90 Å². The first-order valence-corrected chi connectivity index (χ1v) is 7.49. The van der Waals surface area contributed by atoms with Crippen LogP contribution in [-0.2, 0) is 5.60 Å². The molecule has 0 aliphatic carbocycles. The van der Waals surface area contributed by atoms with Crippen molar-refractivity contribution in [2.45, 2.75) is 39.4 Å². The number of hydrogen-bond donors (Lipinski definition) is 2. The Labute approximate surface area is 135 Å². The van der Waals surface area contributed by atoms with E-state index in [-0.39, 0.29) is 18.3 Å². The Kier molecular flexibility index (Phi) is 5.05. The number of furan rings is 1. The summed E-state index contributed by atoms with van der Waals surface area (Å²) in [6, 6.07) is 6.85. The van der Waals surface area contributed by atoms with Crippen molar-refractivity contribution in [2.75, 3.05) is 6.54 Å². The molecule has 1 amide bonds. The summed E-state index contributed by atoms with van der Waals surface area (Å²) in [7, 11) is 0. The second kappa shape index (κ2) is 6.83. The first kappa shape index (κ1) is 17.0. The number of ether oxygens (including phenoxy) is 1. The summed E-state index contributed by atoms with van der Waals surface area (Å²) < 4.78 is 11.0. The highest BCUT2D eigenvalue weighted by atomic mass is 16.5. The lowest BCUT2D eigenvalue weighted by Gasteiger charge is -2.21. The number of aliphatic hydroxyl groups is 1. The summed E-state index contributed by atoms with van der Waals surface area (Å²) in [6.45, 7) is 7.12. The van der Waals surface area contributed by atoms with E-state index in [2.05, 4.69) is 10.3 Å². The van der Waals surface area contributed by atoms with Gasteiger partial charge in [-0.15, -0.1) is 0 Å². The lowest BCUT2D eigenvalue weighted by molar-refractivity contribution is 0.0321. The molecule has 0 fully saturated rings. The molecule has 2 aromatic rings. The summed E-state index contributed by atoms with van der Waals surface area (Å²) >= 11 is 0. The number of hydrogen-bond acceptors (Lipinski definition) is 5. The maximum Gasteiger partial charge on any atom is 0.273 e. The van der Waals surface area contributed by atoms with E-state index >= 15 is 0 Å². The molecule has 0 aromatic carbocycles. The molecule has 0 radical (unpaired) electrons. The van der Waals surface area contributed by atoms with Crippen LogP contribution in [0.5, 0.6) is 5.75 Å². The highest BCUT2D eigenvalue weighted by molar-refractivity contribution is 5.94. The van der Waals surface area contributed by atoms with Crippen molar-refractivity contribution >= 4 is 5.91 Å². The minimum atomic E-state index is -1.31. The number of carbonyl (C=O) groups excluding carboxylic acids is 1. The van der Waals surface area contributed by atoms with Crippen molar-refractivity contribution in [3.8, 4) is 5.75 Å². The minimum absolute atomic E-state index is 0.00349. The molecule has 23 heavy (non-hydrogen) atoms. The standard InChI is InChI=1S/C17H22N2O4/c1-11(2)22-13-6-5-9-18-15(13)16(20)19-10-17(4,21)14-8-7-12(3)23-14/h5-9,11,21H,10H2,1-4H3,(H,19,20). The van der Waals surface area contributed by atoms with Gasteiger partial charge in [0.2, 0.25) is 0 Å². The Morgan fingerprint density at radius 1 is 1.43 bits per heavy atom. The summed E-state index contributed by atoms with van der Waals surface area (Å²) in [4.78, 5) is 16.4. The highest BCUT2D eigenvalue weighted by Gasteiger charge is 2.28. The van der Waals surface area contributed by atoms with Gasteiger partial charge in [-0.1, -0.05) is 0 Å². The second-order valence-corrected chi connectivity index (χ2v) is 5.88. The topological polar surface area (TPSA) is 84.6 Å². The van der Waals surface area contributed by atoms with E-state index in [0.717, 1.165) is 0 Å². The largest absolute Gasteiger partial charge is 0.489 e. The first-order chi connectivity index (χ1) is 10.8. The normalized spacial score (nSPS) is 13.7. The Hall–Kier alpha value is -2.34. The molecular formula is C17H22N2O4. The number of aromatic nitrogens is 1. The zero-order valence-corrected chi connectivity index (χ0v) is 13.8. The van der Waals surface area contributed by atoms with E-state index in [1.807, 2.05) is 13.8 Å². The molecule has 2 rings (SSSR count). The van der Waals surface area contributed by atoms with Crippen LogP contribution >= 0.6 is 0 Å². The van der Waals surface area contributed by atoms with Gasteiger partial charge in [0.15, 0.2) is 11.4 Å². The lowest BCUT2D eigenvalue weighted by Crippen LogP contribution is -2.38. The van der Waals surface area contributed by atoms with Gasteiger partial charge in [-0.3, -0.25) is 4.79 Å². The fraction of sp³-hybridized carbons (Fsp3) is 0.412. The molecule has 0 aliphatic rings. The predicted octanol–water partition coefficient (Wildman–Crippen LogP) is 2.41. The molecule has 1 atom stereocenters.